The van der Waals surface area contributed by atoms with Crippen molar-refractivity contribution in [2.45, 2.75) is 24.9 Å². The van der Waals surface area contributed by atoms with Gasteiger partial charge in [-0.3, -0.25) is 4.90 Å². The van der Waals surface area contributed by atoms with E-state index < -0.39 is 0 Å². The zero-order valence-corrected chi connectivity index (χ0v) is 11.6. The van der Waals surface area contributed by atoms with Gasteiger partial charge in [0.05, 0.1) is 0 Å². The second-order valence-electron chi connectivity index (χ2n) is 5.42. The highest BCUT2D eigenvalue weighted by Crippen LogP contribution is 2.22. The molecule has 3 nitrogen and oxygen atoms in total. The molecule has 0 bridgehead atoms. The molecule has 1 aliphatic heterocycles. The van der Waals surface area contributed by atoms with Gasteiger partial charge in [-0.2, -0.15) is 0 Å². The molecule has 2 rings (SSSR count). The van der Waals surface area contributed by atoms with Crippen molar-refractivity contribution in [1.82, 2.24) is 10.2 Å². The first-order valence-corrected chi connectivity index (χ1v) is 7.10. The van der Waals surface area contributed by atoms with Gasteiger partial charge >= 0.3 is 0 Å². The van der Waals surface area contributed by atoms with E-state index in [0.29, 0.717) is 6.54 Å². The van der Waals surface area contributed by atoms with Crippen LogP contribution in [0, 0.1) is 0 Å². The highest BCUT2D eigenvalue weighted by Gasteiger charge is 2.32. The Kier molecular flexibility index (Phi) is 5.14. The molecule has 0 aromatic heterocycles. The molecule has 0 unspecified atom stereocenters. The summed E-state index contributed by atoms with van der Waals surface area (Å²) >= 11 is 0. The van der Waals surface area contributed by atoms with Crippen LogP contribution in [-0.2, 0) is 6.54 Å². The van der Waals surface area contributed by atoms with Crippen molar-refractivity contribution < 1.29 is 0 Å². The third-order valence-electron chi connectivity index (χ3n) is 4.07. The number of nitrogens with zero attached hydrogens (tertiary/aromatic N) is 1. The summed E-state index contributed by atoms with van der Waals surface area (Å²) in [6.07, 6.45) is 4.14. The van der Waals surface area contributed by atoms with Crippen LogP contribution in [0.1, 0.15) is 18.4 Å². The Morgan fingerprint density at radius 2 is 1.95 bits per heavy atom. The van der Waals surface area contributed by atoms with E-state index in [4.69, 9.17) is 5.73 Å². The van der Waals surface area contributed by atoms with Crippen molar-refractivity contribution in [3.8, 4) is 0 Å². The van der Waals surface area contributed by atoms with Gasteiger partial charge < -0.3 is 11.1 Å². The van der Waals surface area contributed by atoms with Crippen LogP contribution in [0.3, 0.4) is 0 Å². The molecular weight excluding hydrogens is 234 g/mol. The van der Waals surface area contributed by atoms with Gasteiger partial charge in [0.1, 0.15) is 0 Å². The molecule has 0 spiro atoms. The highest BCUT2D eigenvalue weighted by atomic mass is 15.2. The molecule has 0 radical (unpaired) electrons. The Balaban J connectivity index is 1.86. The SMILES string of the molecule is C=CCNC1(CN)CCN(Cc2ccccc2)CC1. The Morgan fingerprint density at radius 1 is 1.26 bits per heavy atom. The van der Waals surface area contributed by atoms with E-state index in [1.165, 1.54) is 5.56 Å². The highest BCUT2D eigenvalue weighted by molar-refractivity contribution is 5.14. The number of benzene rings is 1. The van der Waals surface area contributed by atoms with Crippen LogP contribution in [-0.4, -0.2) is 36.6 Å². The maximum Gasteiger partial charge on any atom is 0.0331 e. The van der Waals surface area contributed by atoms with Crippen molar-refractivity contribution in [2.24, 2.45) is 5.73 Å². The largest absolute Gasteiger partial charge is 0.329 e. The van der Waals surface area contributed by atoms with Gasteiger partial charge in [-0.25, -0.2) is 0 Å². The number of piperidine rings is 1. The zero-order valence-electron chi connectivity index (χ0n) is 11.6. The van der Waals surface area contributed by atoms with Gasteiger partial charge in [0, 0.05) is 38.3 Å². The van der Waals surface area contributed by atoms with E-state index in [1.807, 2.05) is 6.08 Å². The summed E-state index contributed by atoms with van der Waals surface area (Å²) in [5, 5.41) is 3.55. The van der Waals surface area contributed by atoms with Crippen LogP contribution in [0.4, 0.5) is 0 Å². The van der Waals surface area contributed by atoms with Crippen molar-refractivity contribution >= 4 is 0 Å². The lowest BCUT2D eigenvalue weighted by atomic mass is 9.87. The summed E-state index contributed by atoms with van der Waals surface area (Å²) in [5.74, 6) is 0. The van der Waals surface area contributed by atoms with Gasteiger partial charge in [0.25, 0.3) is 0 Å². The van der Waals surface area contributed by atoms with E-state index in [0.717, 1.165) is 39.0 Å². The number of likely N-dealkylation sites (tertiary alicyclic amines) is 1. The summed E-state index contributed by atoms with van der Waals surface area (Å²) in [6.45, 7) is 8.58. The summed E-state index contributed by atoms with van der Waals surface area (Å²) in [6, 6.07) is 10.7. The lowest BCUT2D eigenvalue weighted by Gasteiger charge is -2.41. The number of rotatable bonds is 6. The Labute approximate surface area is 116 Å². The Hall–Kier alpha value is -1.16. The summed E-state index contributed by atoms with van der Waals surface area (Å²) < 4.78 is 0. The fourth-order valence-corrected chi connectivity index (χ4v) is 2.72. The first kappa shape index (κ1) is 14.3. The molecule has 0 saturated carbocycles. The Morgan fingerprint density at radius 3 is 2.53 bits per heavy atom. The minimum atomic E-state index is 0.112. The predicted molar refractivity (Wildman–Crippen MR) is 80.9 cm³/mol. The average molecular weight is 259 g/mol. The van der Waals surface area contributed by atoms with Crippen molar-refractivity contribution in [3.63, 3.8) is 0 Å². The van der Waals surface area contributed by atoms with Crippen molar-refractivity contribution in [3.05, 3.63) is 48.6 Å². The second kappa shape index (κ2) is 6.85. The zero-order chi connectivity index (χ0) is 13.6. The topological polar surface area (TPSA) is 41.3 Å². The standard InChI is InChI=1S/C16H25N3/c1-2-10-18-16(14-17)8-11-19(12-9-16)13-15-6-4-3-5-7-15/h2-7,18H,1,8-14,17H2. The summed E-state index contributed by atoms with van der Waals surface area (Å²) in [5.41, 5.74) is 7.46. The lowest BCUT2D eigenvalue weighted by molar-refractivity contribution is 0.136. The van der Waals surface area contributed by atoms with Crippen LogP contribution in [0.25, 0.3) is 0 Å². The van der Waals surface area contributed by atoms with Crippen LogP contribution < -0.4 is 11.1 Å². The first-order chi connectivity index (χ1) is 9.28. The predicted octanol–water partition coefficient (Wildman–Crippen LogP) is 1.76. The monoisotopic (exact) mass is 259 g/mol. The normalized spacial score (nSPS) is 19.2. The summed E-state index contributed by atoms with van der Waals surface area (Å²) in [7, 11) is 0. The molecule has 1 aromatic rings. The summed E-state index contributed by atoms with van der Waals surface area (Å²) in [4.78, 5) is 2.51. The molecule has 104 valence electrons. The van der Waals surface area contributed by atoms with E-state index in [2.05, 4.69) is 47.1 Å². The third kappa shape index (κ3) is 3.90. The number of hydrogen-bond donors (Lipinski definition) is 2. The van der Waals surface area contributed by atoms with E-state index in [-0.39, 0.29) is 5.54 Å². The Bertz CT molecular complexity index is 380. The molecule has 1 fully saturated rings. The van der Waals surface area contributed by atoms with Crippen LogP contribution in [0.15, 0.2) is 43.0 Å². The maximum absolute atomic E-state index is 5.96. The van der Waals surface area contributed by atoms with Gasteiger partial charge in [0.15, 0.2) is 0 Å². The molecule has 1 heterocycles. The third-order valence-corrected chi connectivity index (χ3v) is 4.07. The molecule has 1 aliphatic rings. The number of nitrogens with two attached hydrogens (primary N) is 1. The van der Waals surface area contributed by atoms with Gasteiger partial charge in [-0.15, -0.1) is 6.58 Å². The molecule has 3 N–H and O–H groups in total. The molecule has 0 aliphatic carbocycles. The van der Waals surface area contributed by atoms with Crippen LogP contribution >= 0.6 is 0 Å². The minimum Gasteiger partial charge on any atom is -0.329 e. The minimum absolute atomic E-state index is 0.112. The van der Waals surface area contributed by atoms with Crippen molar-refractivity contribution in [2.75, 3.05) is 26.2 Å². The fourth-order valence-electron chi connectivity index (χ4n) is 2.72. The molecule has 1 saturated heterocycles. The first-order valence-electron chi connectivity index (χ1n) is 7.10. The molecule has 19 heavy (non-hydrogen) atoms. The number of hydrogen-bond acceptors (Lipinski definition) is 3. The quantitative estimate of drug-likeness (QED) is 0.765. The van der Waals surface area contributed by atoms with Crippen LogP contribution in [0.5, 0.6) is 0 Å². The van der Waals surface area contributed by atoms with E-state index in [9.17, 15) is 0 Å². The van der Waals surface area contributed by atoms with Crippen molar-refractivity contribution in [1.29, 1.82) is 0 Å². The molecule has 0 amide bonds. The fraction of sp³-hybridized carbons (Fsp3) is 0.500. The van der Waals surface area contributed by atoms with Crippen LogP contribution in [0.2, 0.25) is 0 Å². The van der Waals surface area contributed by atoms with Gasteiger partial charge in [-0.1, -0.05) is 36.4 Å². The van der Waals surface area contributed by atoms with Gasteiger partial charge in [-0.05, 0) is 18.4 Å². The molecule has 1 aromatic carbocycles. The molecular formula is C16H25N3. The van der Waals surface area contributed by atoms with Gasteiger partial charge in [0.2, 0.25) is 0 Å². The molecule has 0 atom stereocenters. The smallest absolute Gasteiger partial charge is 0.0331 e. The average Bonchev–Trinajstić information content (AvgIpc) is 2.48. The van der Waals surface area contributed by atoms with E-state index in [1.54, 1.807) is 0 Å². The molecule has 3 heteroatoms. The lowest BCUT2D eigenvalue weighted by Crippen LogP contribution is -2.57. The number of nitrogens with one attached hydrogen (secondary N) is 1. The van der Waals surface area contributed by atoms with E-state index >= 15 is 0 Å². The second-order valence-corrected chi connectivity index (χ2v) is 5.42. The maximum atomic E-state index is 5.96.